The van der Waals surface area contributed by atoms with E-state index in [-0.39, 0.29) is 12.2 Å². The zero-order valence-electron chi connectivity index (χ0n) is 13.4. The maximum absolute atomic E-state index is 12.7. The molecule has 3 rings (SSSR count). The summed E-state index contributed by atoms with van der Waals surface area (Å²) >= 11 is 0. The number of hydrogen-bond donors (Lipinski definition) is 1. The number of nitrogens with zero attached hydrogens (tertiary/aromatic N) is 1. The van der Waals surface area contributed by atoms with Gasteiger partial charge in [0, 0.05) is 17.5 Å². The van der Waals surface area contributed by atoms with Crippen LogP contribution in [-0.4, -0.2) is 9.67 Å². The lowest BCUT2D eigenvalue weighted by molar-refractivity contribution is 0.282. The Morgan fingerprint density at radius 1 is 1.09 bits per heavy atom. The molecule has 0 unspecified atom stereocenters. The van der Waals surface area contributed by atoms with Gasteiger partial charge in [-0.1, -0.05) is 50.2 Å². The van der Waals surface area contributed by atoms with Crippen molar-refractivity contribution in [3.63, 3.8) is 0 Å². The number of aliphatic hydroxyl groups excluding tert-OH is 1. The number of aromatic nitrogens is 1. The SMILES string of the molecule is CC(C)Cn1[c]c(-c2ccccc2)c2cc(CO)ccc2c1=O. The topological polar surface area (TPSA) is 42.2 Å². The highest BCUT2D eigenvalue weighted by atomic mass is 16.3. The van der Waals surface area contributed by atoms with Gasteiger partial charge in [-0.05, 0) is 34.6 Å². The van der Waals surface area contributed by atoms with Crippen molar-refractivity contribution in [1.82, 2.24) is 4.57 Å². The summed E-state index contributed by atoms with van der Waals surface area (Å²) in [6.07, 6.45) is 3.28. The third-order valence-corrected chi connectivity index (χ3v) is 3.87. The highest BCUT2D eigenvalue weighted by Gasteiger charge is 2.12. The minimum absolute atomic E-state index is 0.0297. The zero-order valence-corrected chi connectivity index (χ0v) is 13.4. The Hall–Kier alpha value is -2.39. The molecular weight excluding hydrogens is 286 g/mol. The van der Waals surface area contributed by atoms with Crippen LogP contribution in [0.2, 0.25) is 0 Å². The lowest BCUT2D eigenvalue weighted by Crippen LogP contribution is -2.23. The van der Waals surface area contributed by atoms with Crippen LogP contribution < -0.4 is 5.56 Å². The summed E-state index contributed by atoms with van der Waals surface area (Å²) in [7, 11) is 0. The fourth-order valence-electron chi connectivity index (χ4n) is 2.79. The van der Waals surface area contributed by atoms with Crippen molar-refractivity contribution < 1.29 is 5.11 Å². The minimum Gasteiger partial charge on any atom is -0.392 e. The molecule has 23 heavy (non-hydrogen) atoms. The van der Waals surface area contributed by atoms with Gasteiger partial charge in [0.25, 0.3) is 5.56 Å². The van der Waals surface area contributed by atoms with Crippen LogP contribution in [0.1, 0.15) is 19.4 Å². The van der Waals surface area contributed by atoms with E-state index in [1.54, 1.807) is 16.7 Å². The summed E-state index contributed by atoms with van der Waals surface area (Å²) in [5.41, 5.74) is 2.68. The van der Waals surface area contributed by atoms with Crippen molar-refractivity contribution >= 4 is 10.8 Å². The molecule has 0 amide bonds. The number of pyridine rings is 1. The number of benzene rings is 2. The fourth-order valence-corrected chi connectivity index (χ4v) is 2.79. The number of rotatable bonds is 4. The Morgan fingerprint density at radius 3 is 2.48 bits per heavy atom. The Kier molecular flexibility index (Phi) is 4.30. The van der Waals surface area contributed by atoms with E-state index in [2.05, 4.69) is 20.0 Å². The summed E-state index contributed by atoms with van der Waals surface area (Å²) in [6.45, 7) is 4.76. The van der Waals surface area contributed by atoms with Gasteiger partial charge >= 0.3 is 0 Å². The van der Waals surface area contributed by atoms with E-state index in [1.165, 1.54) is 0 Å². The monoisotopic (exact) mass is 306 g/mol. The maximum atomic E-state index is 12.7. The van der Waals surface area contributed by atoms with Gasteiger partial charge < -0.3 is 9.67 Å². The second-order valence-electron chi connectivity index (χ2n) is 6.20. The lowest BCUT2D eigenvalue weighted by Gasteiger charge is -2.14. The van der Waals surface area contributed by atoms with Crippen molar-refractivity contribution in [3.8, 4) is 11.1 Å². The summed E-state index contributed by atoms with van der Waals surface area (Å²) in [5, 5.41) is 10.9. The summed E-state index contributed by atoms with van der Waals surface area (Å²) in [6, 6.07) is 15.4. The van der Waals surface area contributed by atoms with Crippen LogP contribution >= 0.6 is 0 Å². The van der Waals surface area contributed by atoms with Crippen molar-refractivity contribution in [2.45, 2.75) is 27.0 Å². The highest BCUT2D eigenvalue weighted by molar-refractivity contribution is 5.95. The lowest BCUT2D eigenvalue weighted by atomic mass is 9.98. The molecule has 0 fully saturated rings. The fraction of sp³-hybridized carbons (Fsp3) is 0.250. The van der Waals surface area contributed by atoms with E-state index in [0.717, 1.165) is 22.1 Å². The average molecular weight is 306 g/mol. The van der Waals surface area contributed by atoms with Gasteiger partial charge in [0.05, 0.1) is 12.8 Å². The molecule has 0 aliphatic carbocycles. The first kappa shape index (κ1) is 15.5. The van der Waals surface area contributed by atoms with Gasteiger partial charge in [-0.15, -0.1) is 0 Å². The van der Waals surface area contributed by atoms with Crippen LogP contribution in [0.15, 0.2) is 53.3 Å². The van der Waals surface area contributed by atoms with E-state index in [4.69, 9.17) is 0 Å². The predicted molar refractivity (Wildman–Crippen MR) is 93.2 cm³/mol. The van der Waals surface area contributed by atoms with Crippen LogP contribution in [0.4, 0.5) is 0 Å². The third-order valence-electron chi connectivity index (χ3n) is 3.87. The summed E-state index contributed by atoms with van der Waals surface area (Å²) in [4.78, 5) is 12.7. The van der Waals surface area contributed by atoms with E-state index >= 15 is 0 Å². The molecule has 0 bridgehead atoms. The second kappa shape index (κ2) is 6.39. The predicted octanol–water partition coefficient (Wildman–Crippen LogP) is 3.62. The van der Waals surface area contributed by atoms with Crippen molar-refractivity contribution in [2.75, 3.05) is 0 Å². The molecular formula is C20H20NO2. The van der Waals surface area contributed by atoms with Crippen molar-refractivity contribution in [2.24, 2.45) is 5.92 Å². The number of hydrogen-bond acceptors (Lipinski definition) is 2. The van der Waals surface area contributed by atoms with Gasteiger partial charge in [0.2, 0.25) is 0 Å². The highest BCUT2D eigenvalue weighted by Crippen LogP contribution is 2.27. The van der Waals surface area contributed by atoms with Gasteiger partial charge in [0.1, 0.15) is 0 Å². The molecule has 1 heterocycles. The molecule has 1 radical (unpaired) electrons. The quantitative estimate of drug-likeness (QED) is 0.800. The summed E-state index contributed by atoms with van der Waals surface area (Å²) in [5.74, 6) is 0.363. The zero-order chi connectivity index (χ0) is 16.4. The molecule has 3 heteroatoms. The molecule has 117 valence electrons. The van der Waals surface area contributed by atoms with Gasteiger partial charge in [-0.3, -0.25) is 4.79 Å². The molecule has 2 aromatic carbocycles. The van der Waals surface area contributed by atoms with E-state index in [1.807, 2.05) is 36.4 Å². The first-order chi connectivity index (χ1) is 11.1. The van der Waals surface area contributed by atoms with Gasteiger partial charge in [-0.25, -0.2) is 0 Å². The van der Waals surface area contributed by atoms with E-state index in [9.17, 15) is 9.90 Å². The van der Waals surface area contributed by atoms with E-state index in [0.29, 0.717) is 17.8 Å². The standard InChI is InChI=1S/C20H20NO2/c1-14(2)11-21-12-19(16-6-4-3-5-7-16)18-10-15(13-22)8-9-17(18)20(21)23/h3-10,14,22H,11,13H2,1-2H3. The molecule has 1 N–H and O–H groups in total. The van der Waals surface area contributed by atoms with Crippen LogP contribution in [0, 0.1) is 12.1 Å². The molecule has 1 aromatic heterocycles. The Balaban J connectivity index is 2.34. The Morgan fingerprint density at radius 2 is 1.83 bits per heavy atom. The smallest absolute Gasteiger partial charge is 0.258 e. The second-order valence-corrected chi connectivity index (χ2v) is 6.20. The first-order valence-electron chi connectivity index (χ1n) is 7.85. The largest absolute Gasteiger partial charge is 0.392 e. The van der Waals surface area contributed by atoms with Crippen LogP contribution in [0.3, 0.4) is 0 Å². The third kappa shape index (κ3) is 3.06. The maximum Gasteiger partial charge on any atom is 0.258 e. The molecule has 3 nitrogen and oxygen atoms in total. The van der Waals surface area contributed by atoms with Crippen molar-refractivity contribution in [1.29, 1.82) is 0 Å². The van der Waals surface area contributed by atoms with Crippen LogP contribution in [0.25, 0.3) is 21.9 Å². The minimum atomic E-state index is -0.0424. The molecule has 0 spiro atoms. The molecule has 0 saturated heterocycles. The van der Waals surface area contributed by atoms with Crippen LogP contribution in [0.5, 0.6) is 0 Å². The molecule has 3 aromatic rings. The van der Waals surface area contributed by atoms with Gasteiger partial charge in [-0.2, -0.15) is 0 Å². The number of aliphatic hydroxyl groups is 1. The molecule has 0 atom stereocenters. The first-order valence-corrected chi connectivity index (χ1v) is 7.85. The van der Waals surface area contributed by atoms with Gasteiger partial charge in [0.15, 0.2) is 0 Å². The van der Waals surface area contributed by atoms with Crippen molar-refractivity contribution in [3.05, 3.63) is 70.6 Å². The average Bonchev–Trinajstić information content (AvgIpc) is 2.57. The summed E-state index contributed by atoms with van der Waals surface area (Å²) < 4.78 is 1.67. The number of fused-ring (bicyclic) bond motifs is 1. The molecule has 0 aliphatic heterocycles. The molecule has 0 aliphatic rings. The Labute approximate surface area is 135 Å². The molecule has 0 saturated carbocycles. The Bertz CT molecular complexity index is 879. The van der Waals surface area contributed by atoms with Crippen LogP contribution in [-0.2, 0) is 13.2 Å². The van der Waals surface area contributed by atoms with E-state index < -0.39 is 0 Å². The normalized spacial score (nSPS) is 11.3.